The summed E-state index contributed by atoms with van der Waals surface area (Å²) in [4.78, 5) is 0.191. The molecule has 0 spiro atoms. The third kappa shape index (κ3) is 4.32. The molecule has 16 heavy (non-hydrogen) atoms. The van der Waals surface area contributed by atoms with Crippen LogP contribution in [0.3, 0.4) is 0 Å². The number of rotatable bonds is 7. The van der Waals surface area contributed by atoms with Gasteiger partial charge < -0.3 is 0 Å². The molecule has 92 valence electrons. The van der Waals surface area contributed by atoms with Crippen molar-refractivity contribution >= 4 is 10.0 Å². The van der Waals surface area contributed by atoms with Crippen molar-refractivity contribution in [2.45, 2.75) is 38.0 Å². The second kappa shape index (κ2) is 6.00. The zero-order chi connectivity index (χ0) is 12.0. The van der Waals surface area contributed by atoms with E-state index in [9.17, 15) is 8.42 Å². The molecule has 0 amide bonds. The number of aromatic amines is 1. The Bertz CT molecular complexity index is 384. The van der Waals surface area contributed by atoms with Crippen LogP contribution in [0.25, 0.3) is 0 Å². The van der Waals surface area contributed by atoms with Crippen molar-refractivity contribution in [3.8, 4) is 0 Å². The highest BCUT2D eigenvalue weighted by atomic mass is 32.2. The van der Waals surface area contributed by atoms with Crippen LogP contribution in [0.1, 0.15) is 33.1 Å². The van der Waals surface area contributed by atoms with Gasteiger partial charge in [0.2, 0.25) is 10.0 Å². The van der Waals surface area contributed by atoms with Crippen molar-refractivity contribution in [2.75, 3.05) is 6.54 Å². The van der Waals surface area contributed by atoms with E-state index < -0.39 is 10.0 Å². The zero-order valence-electron chi connectivity index (χ0n) is 9.73. The molecule has 0 saturated heterocycles. The fourth-order valence-electron chi connectivity index (χ4n) is 1.35. The third-order valence-electron chi connectivity index (χ3n) is 2.28. The molecular weight excluding hydrogens is 226 g/mol. The Labute approximate surface area is 96.7 Å². The van der Waals surface area contributed by atoms with Crippen LogP contribution in [0.15, 0.2) is 17.3 Å². The van der Waals surface area contributed by atoms with E-state index in [2.05, 4.69) is 28.8 Å². The van der Waals surface area contributed by atoms with E-state index >= 15 is 0 Å². The number of nitrogens with one attached hydrogen (secondary N) is 2. The number of sulfonamides is 1. The van der Waals surface area contributed by atoms with E-state index in [1.54, 1.807) is 0 Å². The first-order valence-corrected chi connectivity index (χ1v) is 6.99. The Balaban J connectivity index is 2.28. The number of aromatic nitrogens is 2. The number of H-pyrrole nitrogens is 1. The highest BCUT2D eigenvalue weighted by molar-refractivity contribution is 7.89. The lowest BCUT2D eigenvalue weighted by Gasteiger charge is -2.05. The van der Waals surface area contributed by atoms with E-state index in [0.29, 0.717) is 12.5 Å². The summed E-state index contributed by atoms with van der Waals surface area (Å²) in [6, 6.07) is 0. The van der Waals surface area contributed by atoms with E-state index in [1.165, 1.54) is 12.4 Å². The molecule has 1 aromatic heterocycles. The molecule has 0 fully saturated rings. The Kier molecular flexibility index (Phi) is 4.95. The highest BCUT2D eigenvalue weighted by Crippen LogP contribution is 2.07. The van der Waals surface area contributed by atoms with Gasteiger partial charge in [-0.25, -0.2) is 13.1 Å². The summed E-state index contributed by atoms with van der Waals surface area (Å²) >= 11 is 0. The highest BCUT2D eigenvalue weighted by Gasteiger charge is 2.13. The number of unbranched alkanes of at least 4 members (excludes halogenated alkanes) is 1. The molecule has 0 aliphatic heterocycles. The molecule has 1 aromatic rings. The van der Waals surface area contributed by atoms with E-state index in [-0.39, 0.29) is 4.90 Å². The van der Waals surface area contributed by atoms with Gasteiger partial charge in [-0.1, -0.05) is 26.7 Å². The molecule has 0 unspecified atom stereocenters. The summed E-state index contributed by atoms with van der Waals surface area (Å²) in [5.41, 5.74) is 0. The molecule has 0 aliphatic rings. The maximum absolute atomic E-state index is 11.6. The number of hydrogen-bond acceptors (Lipinski definition) is 3. The second-order valence-electron chi connectivity index (χ2n) is 4.22. The lowest BCUT2D eigenvalue weighted by atomic mass is 10.1. The molecule has 0 saturated carbocycles. The monoisotopic (exact) mass is 245 g/mol. The fourth-order valence-corrected chi connectivity index (χ4v) is 2.33. The molecule has 0 aromatic carbocycles. The molecule has 0 atom stereocenters. The van der Waals surface area contributed by atoms with E-state index in [1.807, 2.05) is 0 Å². The van der Waals surface area contributed by atoms with Crippen molar-refractivity contribution in [1.82, 2.24) is 14.9 Å². The predicted octanol–water partition coefficient (Wildman–Crippen LogP) is 1.51. The third-order valence-corrected chi connectivity index (χ3v) is 3.71. The van der Waals surface area contributed by atoms with Gasteiger partial charge in [0.25, 0.3) is 0 Å². The van der Waals surface area contributed by atoms with Crippen LogP contribution in [0.5, 0.6) is 0 Å². The van der Waals surface area contributed by atoms with E-state index in [4.69, 9.17) is 0 Å². The van der Waals surface area contributed by atoms with Gasteiger partial charge in [0, 0.05) is 12.7 Å². The first kappa shape index (κ1) is 13.2. The first-order chi connectivity index (χ1) is 7.52. The predicted molar refractivity (Wildman–Crippen MR) is 62.5 cm³/mol. The Morgan fingerprint density at radius 2 is 2.19 bits per heavy atom. The molecule has 1 rings (SSSR count). The van der Waals surface area contributed by atoms with Crippen LogP contribution in [0.4, 0.5) is 0 Å². The van der Waals surface area contributed by atoms with Gasteiger partial charge in [-0.3, -0.25) is 5.10 Å². The van der Waals surface area contributed by atoms with Gasteiger partial charge in [0.1, 0.15) is 4.90 Å². The molecule has 6 heteroatoms. The average Bonchev–Trinajstić information content (AvgIpc) is 2.69. The summed E-state index contributed by atoms with van der Waals surface area (Å²) < 4.78 is 25.8. The topological polar surface area (TPSA) is 74.8 Å². The van der Waals surface area contributed by atoms with E-state index in [0.717, 1.165) is 19.3 Å². The van der Waals surface area contributed by atoms with Crippen LogP contribution in [0, 0.1) is 5.92 Å². The molecule has 0 aliphatic carbocycles. The average molecular weight is 245 g/mol. The van der Waals surface area contributed by atoms with Crippen molar-refractivity contribution in [2.24, 2.45) is 5.92 Å². The van der Waals surface area contributed by atoms with Crippen molar-refractivity contribution in [3.05, 3.63) is 12.4 Å². The Hall–Kier alpha value is -0.880. The minimum atomic E-state index is -3.36. The van der Waals surface area contributed by atoms with Gasteiger partial charge in [-0.15, -0.1) is 0 Å². The lowest BCUT2D eigenvalue weighted by molar-refractivity contribution is 0.530. The van der Waals surface area contributed by atoms with Crippen LogP contribution in [0.2, 0.25) is 0 Å². The maximum atomic E-state index is 11.6. The Morgan fingerprint density at radius 1 is 1.44 bits per heavy atom. The second-order valence-corrected chi connectivity index (χ2v) is 5.99. The SMILES string of the molecule is CC(C)CCCCNS(=O)(=O)c1cn[nH]c1. The van der Waals surface area contributed by atoms with Gasteiger partial charge >= 0.3 is 0 Å². The van der Waals surface area contributed by atoms with Crippen molar-refractivity contribution < 1.29 is 8.42 Å². The van der Waals surface area contributed by atoms with Gasteiger partial charge in [-0.05, 0) is 12.3 Å². The van der Waals surface area contributed by atoms with Crippen LogP contribution in [-0.2, 0) is 10.0 Å². The molecule has 0 radical (unpaired) electrons. The van der Waals surface area contributed by atoms with Crippen molar-refractivity contribution in [1.29, 1.82) is 0 Å². The van der Waals surface area contributed by atoms with Crippen LogP contribution in [-0.4, -0.2) is 25.2 Å². The summed E-state index contributed by atoms with van der Waals surface area (Å²) in [6.07, 6.45) is 5.72. The quantitative estimate of drug-likeness (QED) is 0.715. The Morgan fingerprint density at radius 3 is 2.75 bits per heavy atom. The zero-order valence-corrected chi connectivity index (χ0v) is 10.5. The first-order valence-electron chi connectivity index (χ1n) is 5.51. The summed E-state index contributed by atoms with van der Waals surface area (Å²) in [7, 11) is -3.36. The molecule has 5 nitrogen and oxygen atoms in total. The van der Waals surface area contributed by atoms with Crippen LogP contribution < -0.4 is 4.72 Å². The molecule has 2 N–H and O–H groups in total. The van der Waals surface area contributed by atoms with Gasteiger partial charge in [0.15, 0.2) is 0 Å². The largest absolute Gasteiger partial charge is 0.284 e. The number of nitrogens with zero attached hydrogens (tertiary/aromatic N) is 1. The molecule has 1 heterocycles. The summed E-state index contributed by atoms with van der Waals surface area (Å²) in [6.45, 7) is 4.81. The molecule has 0 bridgehead atoms. The normalized spacial score (nSPS) is 12.2. The number of hydrogen-bond donors (Lipinski definition) is 2. The molecular formula is C10H19N3O2S. The van der Waals surface area contributed by atoms with Crippen LogP contribution >= 0.6 is 0 Å². The maximum Gasteiger partial charge on any atom is 0.243 e. The van der Waals surface area contributed by atoms with Crippen molar-refractivity contribution in [3.63, 3.8) is 0 Å². The van der Waals surface area contributed by atoms with Gasteiger partial charge in [0.05, 0.1) is 6.20 Å². The minimum Gasteiger partial charge on any atom is -0.284 e. The fraction of sp³-hybridized carbons (Fsp3) is 0.700. The summed E-state index contributed by atoms with van der Waals surface area (Å²) in [5, 5.41) is 6.10. The lowest BCUT2D eigenvalue weighted by Crippen LogP contribution is -2.24. The minimum absolute atomic E-state index is 0.191. The smallest absolute Gasteiger partial charge is 0.243 e. The van der Waals surface area contributed by atoms with Gasteiger partial charge in [-0.2, -0.15) is 5.10 Å². The summed E-state index contributed by atoms with van der Waals surface area (Å²) in [5.74, 6) is 0.672. The standard InChI is InChI=1S/C10H19N3O2S/c1-9(2)5-3-4-6-13-16(14,15)10-7-11-12-8-10/h7-9,13H,3-6H2,1-2H3,(H,11,12).